The van der Waals surface area contributed by atoms with Crippen molar-refractivity contribution in [1.29, 1.82) is 0 Å². The van der Waals surface area contributed by atoms with Gasteiger partial charge in [-0.25, -0.2) is 0 Å². The van der Waals surface area contributed by atoms with Gasteiger partial charge in [0, 0.05) is 6.61 Å². The van der Waals surface area contributed by atoms with Crippen molar-refractivity contribution in [3.05, 3.63) is 12.2 Å². The minimum Gasteiger partial charge on any atom is -0.396 e. The van der Waals surface area contributed by atoms with Crippen molar-refractivity contribution in [2.45, 2.75) is 32.6 Å². The van der Waals surface area contributed by atoms with Crippen molar-refractivity contribution < 1.29 is 5.11 Å². The first-order valence-electron chi connectivity index (χ1n) is 4.05. The lowest BCUT2D eigenvalue weighted by Crippen LogP contribution is -2.32. The van der Waals surface area contributed by atoms with E-state index in [-0.39, 0.29) is 5.41 Å². The number of aliphatic hydroxyl groups is 1. The molecule has 0 bridgehead atoms. The summed E-state index contributed by atoms with van der Waals surface area (Å²) in [5, 5.41) is 9.03. The molecule has 0 aromatic rings. The van der Waals surface area contributed by atoms with Crippen LogP contribution >= 0.6 is 0 Å². The second-order valence-corrected chi connectivity index (χ2v) is 3.28. The van der Waals surface area contributed by atoms with Crippen LogP contribution in [0.15, 0.2) is 12.2 Å². The monoisotopic (exact) mass is 140 g/mol. The Balaban J connectivity index is 2.33. The Hall–Kier alpha value is -0.300. The second kappa shape index (κ2) is 3.20. The molecule has 1 saturated carbocycles. The Morgan fingerprint density at radius 1 is 1.50 bits per heavy atom. The molecule has 1 rings (SSSR count). The van der Waals surface area contributed by atoms with Gasteiger partial charge in [0.25, 0.3) is 0 Å². The van der Waals surface area contributed by atoms with Crippen molar-refractivity contribution >= 4 is 0 Å². The lowest BCUT2D eigenvalue weighted by molar-refractivity contribution is 0.0476. The molecule has 0 aliphatic heterocycles. The van der Waals surface area contributed by atoms with Gasteiger partial charge < -0.3 is 5.11 Å². The van der Waals surface area contributed by atoms with Crippen LogP contribution in [0.4, 0.5) is 0 Å². The van der Waals surface area contributed by atoms with E-state index in [4.69, 9.17) is 5.11 Å². The fourth-order valence-corrected chi connectivity index (χ4v) is 1.47. The summed E-state index contributed by atoms with van der Waals surface area (Å²) in [6.07, 6.45) is 9.03. The molecule has 0 saturated heterocycles. The highest BCUT2D eigenvalue weighted by molar-refractivity contribution is 4.94. The van der Waals surface area contributed by atoms with Gasteiger partial charge in [0.15, 0.2) is 0 Å². The van der Waals surface area contributed by atoms with E-state index in [0.717, 1.165) is 6.42 Å². The van der Waals surface area contributed by atoms with Gasteiger partial charge in [0.05, 0.1) is 0 Å². The van der Waals surface area contributed by atoms with Crippen LogP contribution in [0.2, 0.25) is 0 Å². The minimum absolute atomic E-state index is 0.284. The maximum absolute atomic E-state index is 9.03. The lowest BCUT2D eigenvalue weighted by atomic mass is 9.67. The fraction of sp³-hybridized carbons (Fsp3) is 0.778. The zero-order chi connectivity index (χ0) is 7.45. The number of rotatable bonds is 3. The van der Waals surface area contributed by atoms with E-state index < -0.39 is 0 Å². The van der Waals surface area contributed by atoms with E-state index in [1.165, 1.54) is 19.3 Å². The van der Waals surface area contributed by atoms with E-state index in [2.05, 4.69) is 12.2 Å². The van der Waals surface area contributed by atoms with Crippen molar-refractivity contribution in [2.24, 2.45) is 5.41 Å². The third-order valence-electron chi connectivity index (χ3n) is 2.54. The molecule has 1 aliphatic carbocycles. The third kappa shape index (κ3) is 1.40. The van der Waals surface area contributed by atoms with E-state index in [1.54, 1.807) is 0 Å². The Morgan fingerprint density at radius 3 is 2.50 bits per heavy atom. The molecule has 0 amide bonds. The average Bonchev–Trinajstić information content (AvgIpc) is 1.87. The second-order valence-electron chi connectivity index (χ2n) is 3.28. The molecule has 0 spiro atoms. The van der Waals surface area contributed by atoms with E-state index in [9.17, 15) is 0 Å². The molecule has 1 heteroatoms. The van der Waals surface area contributed by atoms with Crippen molar-refractivity contribution in [1.82, 2.24) is 0 Å². The Kier molecular flexibility index (Phi) is 2.50. The summed E-state index contributed by atoms with van der Waals surface area (Å²) < 4.78 is 0. The highest BCUT2D eigenvalue weighted by Crippen LogP contribution is 2.43. The summed E-state index contributed by atoms with van der Waals surface area (Å²) in [5.74, 6) is 0. The first kappa shape index (κ1) is 7.80. The fourth-order valence-electron chi connectivity index (χ4n) is 1.47. The lowest BCUT2D eigenvalue weighted by Gasteiger charge is -2.39. The molecule has 0 unspecified atom stereocenters. The molecule has 0 heterocycles. The Morgan fingerprint density at radius 2 is 2.20 bits per heavy atom. The summed E-state index contributed by atoms with van der Waals surface area (Å²) in [5.41, 5.74) is 0.284. The minimum atomic E-state index is 0.284. The van der Waals surface area contributed by atoms with Crippen molar-refractivity contribution in [3.63, 3.8) is 0 Å². The molecule has 10 heavy (non-hydrogen) atoms. The number of allylic oxidation sites excluding steroid dienone is 2. The van der Waals surface area contributed by atoms with Gasteiger partial charge >= 0.3 is 0 Å². The van der Waals surface area contributed by atoms with Crippen LogP contribution in [0.25, 0.3) is 0 Å². The van der Waals surface area contributed by atoms with Gasteiger partial charge in [-0.15, -0.1) is 0 Å². The Labute approximate surface area is 62.8 Å². The predicted molar refractivity (Wildman–Crippen MR) is 42.8 cm³/mol. The molecule has 0 atom stereocenters. The van der Waals surface area contributed by atoms with Gasteiger partial charge in [-0.3, -0.25) is 0 Å². The highest BCUT2D eigenvalue weighted by atomic mass is 16.3. The maximum atomic E-state index is 9.03. The zero-order valence-electron chi connectivity index (χ0n) is 6.64. The summed E-state index contributed by atoms with van der Waals surface area (Å²) in [7, 11) is 0. The maximum Gasteiger partial charge on any atom is 0.0490 e. The highest BCUT2D eigenvalue weighted by Gasteiger charge is 2.34. The van der Waals surface area contributed by atoms with E-state index in [1.807, 2.05) is 6.92 Å². The summed E-state index contributed by atoms with van der Waals surface area (Å²) in [4.78, 5) is 0. The normalized spacial score (nSPS) is 23.0. The standard InChI is InChI=1S/C9H16O/c1-2-3-5-9(8-10)6-4-7-9/h2-3,10H,4-8H2,1H3/b3-2-. The molecule has 1 fully saturated rings. The topological polar surface area (TPSA) is 20.2 Å². The molecule has 1 N–H and O–H groups in total. The summed E-state index contributed by atoms with van der Waals surface area (Å²) in [6, 6.07) is 0. The largest absolute Gasteiger partial charge is 0.396 e. The van der Waals surface area contributed by atoms with Gasteiger partial charge in [-0.05, 0) is 31.6 Å². The molecule has 1 aliphatic rings. The van der Waals surface area contributed by atoms with E-state index in [0.29, 0.717) is 6.61 Å². The van der Waals surface area contributed by atoms with Gasteiger partial charge in [-0.2, -0.15) is 0 Å². The van der Waals surface area contributed by atoms with Crippen LogP contribution < -0.4 is 0 Å². The summed E-state index contributed by atoms with van der Waals surface area (Å²) in [6.45, 7) is 2.40. The van der Waals surface area contributed by atoms with Gasteiger partial charge in [-0.1, -0.05) is 18.6 Å². The van der Waals surface area contributed by atoms with Crippen LogP contribution in [0, 0.1) is 5.41 Å². The molecule has 0 radical (unpaired) electrons. The summed E-state index contributed by atoms with van der Waals surface area (Å²) >= 11 is 0. The van der Waals surface area contributed by atoms with Crippen LogP contribution in [-0.4, -0.2) is 11.7 Å². The zero-order valence-corrected chi connectivity index (χ0v) is 6.64. The molecule has 58 valence electrons. The predicted octanol–water partition coefficient (Wildman–Crippen LogP) is 2.12. The molecular weight excluding hydrogens is 124 g/mol. The smallest absolute Gasteiger partial charge is 0.0490 e. The SMILES string of the molecule is C/C=C\CC1(CO)CCC1. The average molecular weight is 140 g/mol. The first-order valence-corrected chi connectivity index (χ1v) is 4.05. The van der Waals surface area contributed by atoms with Crippen molar-refractivity contribution in [2.75, 3.05) is 6.61 Å². The van der Waals surface area contributed by atoms with Crippen LogP contribution in [0.5, 0.6) is 0 Å². The van der Waals surface area contributed by atoms with Crippen LogP contribution in [-0.2, 0) is 0 Å². The van der Waals surface area contributed by atoms with Crippen LogP contribution in [0.3, 0.4) is 0 Å². The first-order chi connectivity index (χ1) is 4.83. The van der Waals surface area contributed by atoms with Crippen LogP contribution in [0.1, 0.15) is 32.6 Å². The van der Waals surface area contributed by atoms with Crippen molar-refractivity contribution in [3.8, 4) is 0 Å². The molecule has 0 aromatic carbocycles. The molecule has 0 aromatic heterocycles. The van der Waals surface area contributed by atoms with E-state index >= 15 is 0 Å². The molecular formula is C9H16O. The van der Waals surface area contributed by atoms with Gasteiger partial charge in [0.2, 0.25) is 0 Å². The number of hydrogen-bond donors (Lipinski definition) is 1. The number of aliphatic hydroxyl groups excluding tert-OH is 1. The quantitative estimate of drug-likeness (QED) is 0.595. The molecule has 1 nitrogen and oxygen atoms in total. The third-order valence-corrected chi connectivity index (χ3v) is 2.54. The van der Waals surface area contributed by atoms with Gasteiger partial charge in [0.1, 0.15) is 0 Å². The Bertz CT molecular complexity index is 117. The number of hydrogen-bond acceptors (Lipinski definition) is 1.